The van der Waals surface area contributed by atoms with Crippen molar-refractivity contribution in [1.82, 2.24) is 20.1 Å². The molecule has 0 bridgehead atoms. The van der Waals surface area contributed by atoms with Crippen molar-refractivity contribution in [3.8, 4) is 5.69 Å². The average molecular weight is 401 g/mol. The van der Waals surface area contributed by atoms with Crippen LogP contribution in [-0.4, -0.2) is 27.4 Å². The van der Waals surface area contributed by atoms with E-state index in [9.17, 15) is 0 Å². The smallest absolute Gasteiger partial charge is 0.106 e. The van der Waals surface area contributed by atoms with E-state index in [0.29, 0.717) is 6.04 Å². The van der Waals surface area contributed by atoms with Crippen LogP contribution in [0.4, 0.5) is 0 Å². The van der Waals surface area contributed by atoms with Crippen molar-refractivity contribution in [2.24, 2.45) is 0 Å². The van der Waals surface area contributed by atoms with Crippen LogP contribution in [0.25, 0.3) is 5.69 Å². The highest BCUT2D eigenvalue weighted by Crippen LogP contribution is 2.49. The lowest BCUT2D eigenvalue weighted by Gasteiger charge is -2.46. The van der Waals surface area contributed by atoms with Crippen LogP contribution in [0.15, 0.2) is 43.0 Å². The summed E-state index contributed by atoms with van der Waals surface area (Å²) in [5, 5.41) is 8.28. The molecular formula is C20H21ClN4OS. The molecule has 5 rings (SSSR count). The maximum atomic E-state index is 6.43. The van der Waals surface area contributed by atoms with Gasteiger partial charge < -0.3 is 10.1 Å². The Morgan fingerprint density at radius 2 is 2.30 bits per heavy atom. The highest BCUT2D eigenvalue weighted by atomic mass is 35.5. The molecule has 0 aliphatic carbocycles. The maximum absolute atomic E-state index is 6.43. The Bertz CT molecular complexity index is 956. The Labute approximate surface area is 167 Å². The zero-order valence-corrected chi connectivity index (χ0v) is 16.6. The van der Waals surface area contributed by atoms with Crippen molar-refractivity contribution >= 4 is 22.9 Å². The molecule has 5 heterocycles. The van der Waals surface area contributed by atoms with Gasteiger partial charge in [-0.25, -0.2) is 4.68 Å². The summed E-state index contributed by atoms with van der Waals surface area (Å²) in [4.78, 5) is 5.50. The molecular weight excluding hydrogens is 380 g/mol. The molecule has 2 aliphatic rings. The van der Waals surface area contributed by atoms with Gasteiger partial charge in [-0.05, 0) is 43.5 Å². The number of nitrogens with zero attached hydrogens (tertiary/aromatic N) is 3. The summed E-state index contributed by atoms with van der Waals surface area (Å²) in [6, 6.07) is 6.58. The van der Waals surface area contributed by atoms with Crippen LogP contribution in [0.1, 0.15) is 41.8 Å². The maximum Gasteiger partial charge on any atom is 0.106 e. The van der Waals surface area contributed by atoms with Crippen LogP contribution < -0.4 is 5.32 Å². The van der Waals surface area contributed by atoms with Gasteiger partial charge in [-0.2, -0.15) is 5.10 Å². The summed E-state index contributed by atoms with van der Waals surface area (Å²) in [7, 11) is 0. The number of rotatable bonds is 2. The van der Waals surface area contributed by atoms with Crippen LogP contribution in [0.5, 0.6) is 0 Å². The van der Waals surface area contributed by atoms with Crippen LogP contribution in [0.3, 0.4) is 0 Å². The van der Waals surface area contributed by atoms with E-state index in [4.69, 9.17) is 16.3 Å². The van der Waals surface area contributed by atoms with E-state index in [1.54, 1.807) is 17.5 Å². The van der Waals surface area contributed by atoms with E-state index in [-0.39, 0.29) is 11.6 Å². The summed E-state index contributed by atoms with van der Waals surface area (Å²) < 4.78 is 9.17. The molecule has 0 aromatic carbocycles. The van der Waals surface area contributed by atoms with Crippen molar-refractivity contribution < 1.29 is 4.74 Å². The zero-order chi connectivity index (χ0) is 18.4. The van der Waals surface area contributed by atoms with Crippen LogP contribution in [0.2, 0.25) is 4.34 Å². The second-order valence-corrected chi connectivity index (χ2v) is 9.14. The molecule has 3 unspecified atom stereocenters. The Balaban J connectivity index is 1.48. The fourth-order valence-electron chi connectivity index (χ4n) is 4.42. The topological polar surface area (TPSA) is 52.0 Å². The van der Waals surface area contributed by atoms with E-state index in [0.717, 1.165) is 35.9 Å². The van der Waals surface area contributed by atoms with Crippen molar-refractivity contribution in [3.63, 3.8) is 0 Å². The lowest BCUT2D eigenvalue weighted by molar-refractivity contribution is -0.0954. The van der Waals surface area contributed by atoms with Crippen LogP contribution >= 0.6 is 22.9 Å². The zero-order valence-electron chi connectivity index (χ0n) is 15.1. The average Bonchev–Trinajstić information content (AvgIpc) is 3.29. The number of aromatic nitrogens is 3. The third kappa shape index (κ3) is 3.10. The first-order valence-corrected chi connectivity index (χ1v) is 10.5. The summed E-state index contributed by atoms with van der Waals surface area (Å²) in [6.07, 6.45) is 10.4. The van der Waals surface area contributed by atoms with Crippen molar-refractivity contribution in [1.29, 1.82) is 0 Å². The molecule has 1 fully saturated rings. The number of pyridine rings is 1. The fourth-order valence-corrected chi connectivity index (χ4v) is 5.88. The van der Waals surface area contributed by atoms with Gasteiger partial charge in [0.15, 0.2) is 0 Å². The first-order chi connectivity index (χ1) is 13.1. The first kappa shape index (κ1) is 17.4. The minimum Gasteiger partial charge on any atom is -0.369 e. The third-order valence-electron chi connectivity index (χ3n) is 5.51. The molecule has 1 saturated heterocycles. The second kappa shape index (κ2) is 6.71. The summed E-state index contributed by atoms with van der Waals surface area (Å²) >= 11 is 8.02. The van der Waals surface area contributed by atoms with Gasteiger partial charge in [0.2, 0.25) is 0 Å². The summed E-state index contributed by atoms with van der Waals surface area (Å²) in [5.74, 6) is 0. The second-order valence-electron chi connectivity index (χ2n) is 7.46. The third-order valence-corrected chi connectivity index (χ3v) is 7.01. The van der Waals surface area contributed by atoms with Crippen LogP contribution in [-0.2, 0) is 16.8 Å². The van der Waals surface area contributed by atoms with Gasteiger partial charge in [-0.1, -0.05) is 11.6 Å². The highest BCUT2D eigenvalue weighted by Gasteiger charge is 2.46. The predicted octanol–water partition coefficient (Wildman–Crippen LogP) is 4.26. The molecule has 0 amide bonds. The number of ether oxygens (including phenoxy) is 1. The lowest BCUT2D eigenvalue weighted by Crippen LogP contribution is -2.49. The molecule has 3 aromatic rings. The monoisotopic (exact) mass is 400 g/mol. The SMILES string of the molecule is CC1CC2(CC(c3cnn(-c4cccnc4)c3)N1)OCCc1cc(Cl)sc12. The Morgan fingerprint density at radius 1 is 1.37 bits per heavy atom. The molecule has 5 nitrogen and oxygen atoms in total. The number of fused-ring (bicyclic) bond motifs is 2. The van der Waals surface area contributed by atoms with Gasteiger partial charge >= 0.3 is 0 Å². The minimum atomic E-state index is -0.253. The van der Waals surface area contributed by atoms with Gasteiger partial charge in [0.05, 0.1) is 29.0 Å². The van der Waals surface area contributed by atoms with E-state index < -0.39 is 0 Å². The molecule has 27 heavy (non-hydrogen) atoms. The Hall–Kier alpha value is -1.73. The number of hydrogen-bond acceptors (Lipinski definition) is 5. The molecule has 2 aliphatic heterocycles. The fraction of sp³-hybridized carbons (Fsp3) is 0.400. The number of nitrogens with one attached hydrogen (secondary N) is 1. The predicted molar refractivity (Wildman–Crippen MR) is 107 cm³/mol. The molecule has 1 N–H and O–H groups in total. The lowest BCUT2D eigenvalue weighted by atomic mass is 9.78. The first-order valence-electron chi connectivity index (χ1n) is 9.27. The van der Waals surface area contributed by atoms with E-state index >= 15 is 0 Å². The molecule has 7 heteroatoms. The van der Waals surface area contributed by atoms with Crippen molar-refractivity contribution in [2.75, 3.05) is 6.61 Å². The normalized spacial score (nSPS) is 27.6. The van der Waals surface area contributed by atoms with Gasteiger partial charge in [0.1, 0.15) is 5.60 Å². The molecule has 3 aromatic heterocycles. The summed E-state index contributed by atoms with van der Waals surface area (Å²) in [5.41, 5.74) is 3.23. The van der Waals surface area contributed by atoms with E-state index in [1.165, 1.54) is 16.0 Å². The highest BCUT2D eigenvalue weighted by molar-refractivity contribution is 7.16. The number of hydrogen-bond donors (Lipinski definition) is 1. The van der Waals surface area contributed by atoms with E-state index in [2.05, 4.69) is 34.6 Å². The Kier molecular flexibility index (Phi) is 4.31. The number of thiophene rings is 1. The number of halogens is 1. The van der Waals surface area contributed by atoms with Gasteiger partial charge in [0.25, 0.3) is 0 Å². The molecule has 0 saturated carbocycles. The minimum absolute atomic E-state index is 0.186. The molecule has 140 valence electrons. The number of piperidine rings is 1. The molecule has 0 radical (unpaired) electrons. The van der Waals surface area contributed by atoms with Gasteiger partial charge in [-0.15, -0.1) is 11.3 Å². The van der Waals surface area contributed by atoms with E-state index in [1.807, 2.05) is 29.2 Å². The van der Waals surface area contributed by atoms with Gasteiger partial charge in [0, 0.05) is 41.3 Å². The largest absolute Gasteiger partial charge is 0.369 e. The standard InChI is InChI=1S/C20H21ClN4OS/c1-13-8-20(19-14(4-6-26-20)7-18(21)27-19)9-17(24-13)15-10-23-25(12-15)16-3-2-5-22-11-16/h2-3,5,7,10-13,17,24H,4,6,8-9H2,1H3. The van der Waals surface area contributed by atoms with Crippen molar-refractivity contribution in [2.45, 2.75) is 43.9 Å². The van der Waals surface area contributed by atoms with Crippen molar-refractivity contribution in [3.05, 3.63) is 63.3 Å². The van der Waals surface area contributed by atoms with Gasteiger partial charge in [-0.3, -0.25) is 4.98 Å². The molecule has 1 spiro atoms. The molecule has 3 atom stereocenters. The summed E-state index contributed by atoms with van der Waals surface area (Å²) in [6.45, 7) is 2.99. The van der Waals surface area contributed by atoms with Crippen LogP contribution in [0, 0.1) is 0 Å². The Morgan fingerprint density at radius 3 is 3.15 bits per heavy atom. The quantitative estimate of drug-likeness (QED) is 0.698.